The van der Waals surface area contributed by atoms with Gasteiger partial charge in [-0.15, -0.1) is 0 Å². The second-order valence-electron chi connectivity index (χ2n) is 7.93. The number of para-hydroxylation sites is 1. The summed E-state index contributed by atoms with van der Waals surface area (Å²) in [7, 11) is 1.92. The van der Waals surface area contributed by atoms with E-state index >= 15 is 0 Å². The Bertz CT molecular complexity index is 1120. The number of fused-ring (bicyclic) bond motifs is 1. The van der Waals surface area contributed by atoms with Gasteiger partial charge in [-0.2, -0.15) is 0 Å². The van der Waals surface area contributed by atoms with Gasteiger partial charge in [0.1, 0.15) is 0 Å². The fraction of sp³-hybridized carbons (Fsp3) is 0.391. The summed E-state index contributed by atoms with van der Waals surface area (Å²) in [6.07, 6.45) is 1.72. The van der Waals surface area contributed by atoms with Gasteiger partial charge in [-0.1, -0.05) is 36.8 Å². The van der Waals surface area contributed by atoms with Crippen LogP contribution in [-0.4, -0.2) is 69.3 Å². The monoisotopic (exact) mass is 474 g/mol. The highest BCUT2D eigenvalue weighted by atomic mass is 32.2. The van der Waals surface area contributed by atoms with Crippen molar-refractivity contribution in [1.82, 2.24) is 14.2 Å². The summed E-state index contributed by atoms with van der Waals surface area (Å²) in [5.74, 6) is -0.200. The van der Waals surface area contributed by atoms with Crippen molar-refractivity contribution in [1.29, 1.82) is 0 Å². The Hall–Kier alpha value is -2.33. The molecule has 0 aliphatic carbocycles. The molecule has 1 amide bonds. The highest BCUT2D eigenvalue weighted by Crippen LogP contribution is 2.29. The van der Waals surface area contributed by atoms with E-state index in [9.17, 15) is 13.2 Å². The van der Waals surface area contributed by atoms with E-state index in [0.717, 1.165) is 23.1 Å². The van der Waals surface area contributed by atoms with Crippen molar-refractivity contribution in [3.05, 3.63) is 54.1 Å². The number of thiazole rings is 1. The number of sulfonamides is 1. The number of hydrogen-bond donors (Lipinski definition) is 0. The van der Waals surface area contributed by atoms with Crippen molar-refractivity contribution in [3.63, 3.8) is 0 Å². The average molecular weight is 475 g/mol. The molecule has 7 nitrogen and oxygen atoms in total. The maximum atomic E-state index is 13.4. The molecule has 0 fully saturated rings. The van der Waals surface area contributed by atoms with E-state index in [0.29, 0.717) is 30.3 Å². The third-order valence-corrected chi connectivity index (χ3v) is 8.10. The molecule has 0 radical (unpaired) electrons. The number of unbranched alkanes of at least 4 members (excludes halogenated alkanes) is 1. The van der Waals surface area contributed by atoms with E-state index < -0.39 is 10.0 Å². The molecule has 1 heterocycles. The lowest BCUT2D eigenvalue weighted by Gasteiger charge is -2.22. The smallest absolute Gasteiger partial charge is 0.260 e. The molecule has 3 aromatic rings. The molecule has 0 bridgehead atoms. The largest absolute Gasteiger partial charge is 0.308 e. The van der Waals surface area contributed by atoms with Crippen molar-refractivity contribution in [2.75, 3.05) is 45.7 Å². The van der Waals surface area contributed by atoms with Crippen LogP contribution >= 0.6 is 11.3 Å². The number of benzene rings is 2. The second kappa shape index (κ2) is 10.5. The van der Waals surface area contributed by atoms with Gasteiger partial charge in [0.25, 0.3) is 5.91 Å². The summed E-state index contributed by atoms with van der Waals surface area (Å²) in [5, 5.41) is 0.633. The minimum atomic E-state index is -3.57. The normalized spacial score (nSPS) is 12.1. The summed E-state index contributed by atoms with van der Waals surface area (Å²) >= 11 is 1.47. The predicted octanol–water partition coefficient (Wildman–Crippen LogP) is 3.93. The molecule has 0 N–H and O–H groups in total. The number of amides is 1. The Labute approximate surface area is 194 Å². The zero-order chi connectivity index (χ0) is 23.3. The summed E-state index contributed by atoms with van der Waals surface area (Å²) in [6.45, 7) is 3.64. The first kappa shape index (κ1) is 24.3. The lowest BCUT2D eigenvalue weighted by molar-refractivity contribution is 0.0985. The molecule has 2 aromatic carbocycles. The van der Waals surface area contributed by atoms with E-state index in [1.54, 1.807) is 24.1 Å². The number of aromatic nitrogens is 1. The summed E-state index contributed by atoms with van der Waals surface area (Å²) in [5.41, 5.74) is 1.28. The van der Waals surface area contributed by atoms with Gasteiger partial charge in [0.05, 0.1) is 15.1 Å². The molecule has 0 atom stereocenters. The molecule has 32 heavy (non-hydrogen) atoms. The quantitative estimate of drug-likeness (QED) is 0.445. The maximum Gasteiger partial charge on any atom is 0.260 e. The highest BCUT2D eigenvalue weighted by molar-refractivity contribution is 7.89. The SMILES string of the molecule is CCCCN(C)S(=O)(=O)c1ccc(C(=O)N(CCN(C)C)c2nc3ccccc3s2)cc1. The fourth-order valence-electron chi connectivity index (χ4n) is 3.17. The molecule has 3 rings (SSSR count). The van der Waals surface area contributed by atoms with E-state index in [-0.39, 0.29) is 10.8 Å². The van der Waals surface area contributed by atoms with E-state index in [1.807, 2.05) is 50.2 Å². The van der Waals surface area contributed by atoms with E-state index in [1.165, 1.54) is 27.8 Å². The summed E-state index contributed by atoms with van der Waals surface area (Å²) < 4.78 is 27.9. The van der Waals surface area contributed by atoms with Crippen LogP contribution < -0.4 is 4.90 Å². The number of carbonyl (C=O) groups excluding carboxylic acids is 1. The molecule has 172 valence electrons. The standard InChI is InChI=1S/C23H30N4O3S2/c1-5-6-15-26(4)32(29,30)19-13-11-18(12-14-19)22(28)27(17-16-25(2)3)23-24-20-9-7-8-10-21(20)31-23/h7-14H,5-6,15-17H2,1-4H3. The third kappa shape index (κ3) is 5.53. The molecule has 1 aromatic heterocycles. The van der Waals surface area contributed by atoms with Crippen LogP contribution in [0.1, 0.15) is 30.1 Å². The Balaban J connectivity index is 1.87. The molecule has 0 aliphatic heterocycles. The number of anilines is 1. The van der Waals surface area contributed by atoms with Crippen molar-refractivity contribution < 1.29 is 13.2 Å². The minimum Gasteiger partial charge on any atom is -0.308 e. The van der Waals surface area contributed by atoms with Crippen LogP contribution in [0.4, 0.5) is 5.13 Å². The average Bonchev–Trinajstić information content (AvgIpc) is 3.21. The van der Waals surface area contributed by atoms with Crippen molar-refractivity contribution in [2.24, 2.45) is 0 Å². The number of rotatable bonds is 10. The van der Waals surface area contributed by atoms with Crippen molar-refractivity contribution in [2.45, 2.75) is 24.7 Å². The lowest BCUT2D eigenvalue weighted by atomic mass is 10.2. The van der Waals surface area contributed by atoms with Crippen LogP contribution in [0.15, 0.2) is 53.4 Å². The van der Waals surface area contributed by atoms with Crippen molar-refractivity contribution in [3.8, 4) is 0 Å². The fourth-order valence-corrected chi connectivity index (χ4v) is 5.37. The number of carbonyl (C=O) groups is 1. The number of nitrogens with zero attached hydrogens (tertiary/aromatic N) is 4. The highest BCUT2D eigenvalue weighted by Gasteiger charge is 2.24. The van der Waals surface area contributed by atoms with Gasteiger partial charge in [-0.3, -0.25) is 9.69 Å². The van der Waals surface area contributed by atoms with Crippen LogP contribution in [0, 0.1) is 0 Å². The molecule has 0 spiro atoms. The number of likely N-dealkylation sites (N-methyl/N-ethyl adjacent to an activating group) is 1. The van der Waals surface area contributed by atoms with E-state index in [4.69, 9.17) is 0 Å². The first-order valence-electron chi connectivity index (χ1n) is 10.6. The summed E-state index contributed by atoms with van der Waals surface area (Å²) in [4.78, 5) is 21.9. The molecule has 0 unspecified atom stereocenters. The third-order valence-electron chi connectivity index (χ3n) is 5.17. The molecule has 0 saturated heterocycles. The Morgan fingerprint density at radius 2 is 1.66 bits per heavy atom. The zero-order valence-electron chi connectivity index (χ0n) is 19.0. The Morgan fingerprint density at radius 1 is 0.969 bits per heavy atom. The lowest BCUT2D eigenvalue weighted by Crippen LogP contribution is -2.36. The molecule has 9 heteroatoms. The van der Waals surface area contributed by atoms with Crippen LogP contribution in [-0.2, 0) is 10.0 Å². The van der Waals surface area contributed by atoms with Gasteiger partial charge >= 0.3 is 0 Å². The minimum absolute atomic E-state index is 0.187. The Morgan fingerprint density at radius 3 is 2.28 bits per heavy atom. The van der Waals surface area contributed by atoms with E-state index in [2.05, 4.69) is 4.98 Å². The molecule has 0 aliphatic rings. The van der Waals surface area contributed by atoms with Crippen LogP contribution in [0.3, 0.4) is 0 Å². The van der Waals surface area contributed by atoms with Crippen LogP contribution in [0.5, 0.6) is 0 Å². The number of hydrogen-bond acceptors (Lipinski definition) is 6. The van der Waals surface area contributed by atoms with Crippen LogP contribution in [0.25, 0.3) is 10.2 Å². The topological polar surface area (TPSA) is 73.8 Å². The van der Waals surface area contributed by atoms with Crippen molar-refractivity contribution >= 4 is 42.6 Å². The summed E-state index contributed by atoms with van der Waals surface area (Å²) in [6, 6.07) is 14.0. The Kier molecular flexibility index (Phi) is 8.00. The second-order valence-corrected chi connectivity index (χ2v) is 11.0. The van der Waals surface area contributed by atoms with Gasteiger partial charge in [0.2, 0.25) is 10.0 Å². The molecular weight excluding hydrogens is 444 g/mol. The van der Waals surface area contributed by atoms with Gasteiger partial charge in [0, 0.05) is 32.2 Å². The zero-order valence-corrected chi connectivity index (χ0v) is 20.6. The van der Waals surface area contributed by atoms with Gasteiger partial charge in [0.15, 0.2) is 5.13 Å². The maximum absolute atomic E-state index is 13.4. The van der Waals surface area contributed by atoms with Crippen LogP contribution in [0.2, 0.25) is 0 Å². The first-order valence-corrected chi connectivity index (χ1v) is 12.9. The molecular formula is C23H30N4O3S2. The van der Waals surface area contributed by atoms with Gasteiger partial charge in [-0.25, -0.2) is 17.7 Å². The van der Waals surface area contributed by atoms with Gasteiger partial charge in [-0.05, 0) is 56.9 Å². The van der Waals surface area contributed by atoms with Gasteiger partial charge < -0.3 is 4.90 Å². The molecule has 0 saturated carbocycles. The first-order chi connectivity index (χ1) is 15.2. The predicted molar refractivity (Wildman–Crippen MR) is 131 cm³/mol.